The maximum absolute atomic E-state index is 11.7. The van der Waals surface area contributed by atoms with Crippen LogP contribution < -0.4 is 9.47 Å². The lowest BCUT2D eigenvalue weighted by molar-refractivity contribution is -0.145. The molecule has 1 amide bonds. The molecule has 0 bridgehead atoms. The van der Waals surface area contributed by atoms with Gasteiger partial charge in [0.25, 0.3) is 5.91 Å². The van der Waals surface area contributed by atoms with Gasteiger partial charge in [0.2, 0.25) is 0 Å². The zero-order chi connectivity index (χ0) is 14.3. The third-order valence-corrected chi connectivity index (χ3v) is 2.46. The number of nitrogens with zero attached hydrogens (tertiary/aromatic N) is 1. The quantitative estimate of drug-likeness (QED) is 0.797. The van der Waals surface area contributed by atoms with Crippen LogP contribution in [0, 0.1) is 0 Å². The monoisotopic (exact) mass is 267 g/mol. The third-order valence-electron chi connectivity index (χ3n) is 2.46. The van der Waals surface area contributed by atoms with Crippen molar-refractivity contribution in [3.8, 4) is 11.5 Å². The van der Waals surface area contributed by atoms with E-state index in [4.69, 9.17) is 14.6 Å². The van der Waals surface area contributed by atoms with Crippen molar-refractivity contribution in [3.05, 3.63) is 24.3 Å². The van der Waals surface area contributed by atoms with E-state index in [1.165, 1.54) is 12.0 Å². The molecular formula is C13H17NO5. The number of carbonyl (C=O) groups excluding carboxylic acids is 1. The molecule has 0 aliphatic heterocycles. The fourth-order valence-electron chi connectivity index (χ4n) is 1.47. The molecule has 0 aliphatic rings. The molecule has 6 heteroatoms. The smallest absolute Gasteiger partial charge is 0.323 e. The molecule has 0 radical (unpaired) electrons. The van der Waals surface area contributed by atoms with E-state index in [2.05, 4.69) is 0 Å². The highest BCUT2D eigenvalue weighted by Crippen LogP contribution is 2.18. The van der Waals surface area contributed by atoms with E-state index in [1.807, 2.05) is 0 Å². The van der Waals surface area contributed by atoms with E-state index >= 15 is 0 Å². The Hall–Kier alpha value is -2.24. The van der Waals surface area contributed by atoms with Gasteiger partial charge in [0.05, 0.1) is 7.11 Å². The molecule has 0 spiro atoms. The van der Waals surface area contributed by atoms with Crippen molar-refractivity contribution in [1.29, 1.82) is 0 Å². The van der Waals surface area contributed by atoms with Crippen LogP contribution in [0.4, 0.5) is 0 Å². The Morgan fingerprint density at radius 3 is 2.58 bits per heavy atom. The van der Waals surface area contributed by atoms with Gasteiger partial charge in [-0.1, -0.05) is 6.07 Å². The summed E-state index contributed by atoms with van der Waals surface area (Å²) in [5.74, 6) is -0.286. The van der Waals surface area contributed by atoms with Crippen LogP contribution in [0.5, 0.6) is 11.5 Å². The van der Waals surface area contributed by atoms with Crippen molar-refractivity contribution in [2.75, 3.05) is 26.8 Å². The summed E-state index contributed by atoms with van der Waals surface area (Å²) in [5, 5.41) is 8.67. The molecule has 0 heterocycles. The fraction of sp³-hybridized carbons (Fsp3) is 0.385. The maximum Gasteiger partial charge on any atom is 0.323 e. The molecule has 19 heavy (non-hydrogen) atoms. The normalized spacial score (nSPS) is 9.79. The molecule has 1 N–H and O–H groups in total. The first-order valence-electron chi connectivity index (χ1n) is 5.83. The van der Waals surface area contributed by atoms with E-state index in [9.17, 15) is 9.59 Å². The van der Waals surface area contributed by atoms with Crippen LogP contribution in [-0.4, -0.2) is 48.7 Å². The molecule has 1 aromatic carbocycles. The molecule has 0 aromatic heterocycles. The van der Waals surface area contributed by atoms with Gasteiger partial charge in [-0.15, -0.1) is 0 Å². The van der Waals surface area contributed by atoms with E-state index in [-0.39, 0.29) is 19.1 Å². The third kappa shape index (κ3) is 4.87. The van der Waals surface area contributed by atoms with Gasteiger partial charge in [-0.05, 0) is 19.1 Å². The van der Waals surface area contributed by atoms with Crippen LogP contribution in [0.15, 0.2) is 24.3 Å². The number of carboxylic acids is 1. The molecule has 0 unspecified atom stereocenters. The summed E-state index contributed by atoms with van der Waals surface area (Å²) in [5.41, 5.74) is 0. The van der Waals surface area contributed by atoms with Crippen LogP contribution in [0.1, 0.15) is 6.92 Å². The molecule has 0 saturated carbocycles. The summed E-state index contributed by atoms with van der Waals surface area (Å²) < 4.78 is 10.3. The molecule has 0 atom stereocenters. The second-order valence-corrected chi connectivity index (χ2v) is 3.77. The Morgan fingerprint density at radius 2 is 2.00 bits per heavy atom. The van der Waals surface area contributed by atoms with Gasteiger partial charge in [0.1, 0.15) is 18.0 Å². The zero-order valence-electron chi connectivity index (χ0n) is 11.0. The maximum atomic E-state index is 11.7. The van der Waals surface area contributed by atoms with Crippen molar-refractivity contribution < 1.29 is 24.2 Å². The predicted octanol–water partition coefficient (Wildman–Crippen LogP) is 1.01. The molecular weight excluding hydrogens is 250 g/mol. The number of benzene rings is 1. The number of aliphatic carboxylic acids is 1. The number of methoxy groups -OCH3 is 1. The number of rotatable bonds is 7. The minimum Gasteiger partial charge on any atom is -0.497 e. The molecule has 0 aliphatic carbocycles. The van der Waals surface area contributed by atoms with E-state index in [1.54, 1.807) is 31.2 Å². The second kappa shape index (κ2) is 7.25. The van der Waals surface area contributed by atoms with Crippen LogP contribution in [0.3, 0.4) is 0 Å². The first-order chi connectivity index (χ1) is 9.06. The Kier molecular flexibility index (Phi) is 5.66. The van der Waals surface area contributed by atoms with Gasteiger partial charge >= 0.3 is 5.97 Å². The average Bonchev–Trinajstić information content (AvgIpc) is 2.42. The summed E-state index contributed by atoms with van der Waals surface area (Å²) in [7, 11) is 1.54. The van der Waals surface area contributed by atoms with Crippen molar-refractivity contribution in [2.24, 2.45) is 0 Å². The van der Waals surface area contributed by atoms with Gasteiger partial charge in [-0.3, -0.25) is 9.59 Å². The number of carboxylic acid groups (broad SMARTS) is 1. The summed E-state index contributed by atoms with van der Waals surface area (Å²) >= 11 is 0. The van der Waals surface area contributed by atoms with Crippen LogP contribution in [0.25, 0.3) is 0 Å². The minimum atomic E-state index is -1.04. The molecule has 104 valence electrons. The lowest BCUT2D eigenvalue weighted by Crippen LogP contribution is -2.38. The molecule has 0 fully saturated rings. The molecule has 1 aromatic rings. The van der Waals surface area contributed by atoms with Crippen molar-refractivity contribution in [2.45, 2.75) is 6.92 Å². The number of ether oxygens (including phenoxy) is 2. The lowest BCUT2D eigenvalue weighted by Gasteiger charge is -2.18. The van der Waals surface area contributed by atoms with Gasteiger partial charge in [0.15, 0.2) is 6.61 Å². The van der Waals surface area contributed by atoms with Crippen molar-refractivity contribution >= 4 is 11.9 Å². The summed E-state index contributed by atoms with van der Waals surface area (Å²) in [6.45, 7) is 1.52. The highest BCUT2D eigenvalue weighted by molar-refractivity contribution is 5.82. The number of carbonyl (C=O) groups is 2. The predicted molar refractivity (Wildman–Crippen MR) is 68.4 cm³/mol. The van der Waals surface area contributed by atoms with Crippen LogP contribution in [-0.2, 0) is 9.59 Å². The highest BCUT2D eigenvalue weighted by atomic mass is 16.5. The largest absolute Gasteiger partial charge is 0.497 e. The standard InChI is InChI=1S/C13H17NO5/c1-3-14(8-13(16)17)12(15)9-19-11-6-4-5-10(7-11)18-2/h4-7H,3,8-9H2,1-2H3,(H,16,17). The van der Waals surface area contributed by atoms with Gasteiger partial charge in [-0.2, -0.15) is 0 Å². The SMILES string of the molecule is CCN(CC(=O)O)C(=O)COc1cccc(OC)c1. The lowest BCUT2D eigenvalue weighted by atomic mass is 10.3. The number of hydrogen-bond acceptors (Lipinski definition) is 4. The summed E-state index contributed by atoms with van der Waals surface area (Å²) in [4.78, 5) is 23.5. The number of likely N-dealkylation sites (N-methyl/N-ethyl adjacent to an activating group) is 1. The second-order valence-electron chi connectivity index (χ2n) is 3.77. The van der Waals surface area contributed by atoms with Crippen molar-refractivity contribution in [3.63, 3.8) is 0 Å². The Morgan fingerprint density at radius 1 is 1.32 bits per heavy atom. The van der Waals surface area contributed by atoms with Gasteiger partial charge < -0.3 is 19.5 Å². The summed E-state index contributed by atoms with van der Waals surface area (Å²) in [6, 6.07) is 6.86. The average molecular weight is 267 g/mol. The van der Waals surface area contributed by atoms with Gasteiger partial charge in [0, 0.05) is 12.6 Å². The Labute approximate surface area is 111 Å². The fourth-order valence-corrected chi connectivity index (χ4v) is 1.47. The first kappa shape index (κ1) is 14.8. The topological polar surface area (TPSA) is 76.1 Å². The molecule has 0 saturated heterocycles. The number of amides is 1. The molecule has 1 rings (SSSR count). The first-order valence-corrected chi connectivity index (χ1v) is 5.83. The summed E-state index contributed by atoms with van der Waals surface area (Å²) in [6.07, 6.45) is 0. The zero-order valence-corrected chi connectivity index (χ0v) is 11.0. The van der Waals surface area contributed by atoms with Crippen LogP contribution in [0.2, 0.25) is 0 Å². The Balaban J connectivity index is 2.54. The number of hydrogen-bond donors (Lipinski definition) is 1. The Bertz CT molecular complexity index is 446. The van der Waals surface area contributed by atoms with E-state index < -0.39 is 5.97 Å². The van der Waals surface area contributed by atoms with Crippen LogP contribution >= 0.6 is 0 Å². The van der Waals surface area contributed by atoms with E-state index in [0.717, 1.165) is 0 Å². The van der Waals surface area contributed by atoms with E-state index in [0.29, 0.717) is 18.0 Å². The van der Waals surface area contributed by atoms with Gasteiger partial charge in [-0.25, -0.2) is 0 Å². The minimum absolute atomic E-state index is 0.200. The van der Waals surface area contributed by atoms with Crippen molar-refractivity contribution in [1.82, 2.24) is 4.90 Å². The highest BCUT2D eigenvalue weighted by Gasteiger charge is 2.15. The molecule has 6 nitrogen and oxygen atoms in total.